The third-order valence-electron chi connectivity index (χ3n) is 23.5. The highest BCUT2D eigenvalue weighted by atomic mass is 15.0. The minimum atomic E-state index is 0.675. The smallest absolute Gasteiger partial charge is 0.160 e. The number of hydrogen-bond acceptors (Lipinski definition) is 6. The number of pyridine rings is 2. The van der Waals surface area contributed by atoms with Crippen LogP contribution >= 0.6 is 0 Å². The van der Waals surface area contributed by atoms with Gasteiger partial charge in [-0.25, -0.2) is 29.9 Å². The summed E-state index contributed by atoms with van der Waals surface area (Å²) in [6.07, 6.45) is 0. The van der Waals surface area contributed by atoms with Crippen LogP contribution in [0.15, 0.2) is 413 Å². The van der Waals surface area contributed by atoms with E-state index in [0.29, 0.717) is 11.6 Å². The van der Waals surface area contributed by atoms with Gasteiger partial charge in [-0.1, -0.05) is 340 Å². The highest BCUT2D eigenvalue weighted by Crippen LogP contribution is 2.46. The second kappa shape index (κ2) is 28.0. The fourth-order valence-corrected chi connectivity index (χ4v) is 18.1. The zero-order chi connectivity index (χ0) is 77.7. The molecule has 0 aliphatic carbocycles. The van der Waals surface area contributed by atoms with Crippen LogP contribution in [0.4, 0.5) is 0 Å². The fourth-order valence-electron chi connectivity index (χ4n) is 18.1. The van der Waals surface area contributed by atoms with E-state index in [2.05, 4.69) is 410 Å². The predicted octanol–water partition coefficient (Wildman–Crippen LogP) is 28.5. The molecule has 0 bridgehead atoms. The van der Waals surface area contributed by atoms with E-state index in [1.165, 1.54) is 75.4 Å². The van der Waals surface area contributed by atoms with Crippen molar-refractivity contribution in [2.24, 2.45) is 0 Å². The molecule has 24 aromatic rings. The molecular weight excluding hydrogens is 1430 g/mol. The van der Waals surface area contributed by atoms with E-state index >= 15 is 0 Å². The first-order chi connectivity index (χ1) is 58.5. The second-order valence-electron chi connectivity index (χ2n) is 30.3. The molecule has 6 heterocycles. The molecule has 0 atom stereocenters. The average molecular weight is 1500 g/mol. The van der Waals surface area contributed by atoms with Crippen LogP contribution < -0.4 is 0 Å². The van der Waals surface area contributed by atoms with E-state index in [-0.39, 0.29) is 0 Å². The van der Waals surface area contributed by atoms with Gasteiger partial charge in [0.15, 0.2) is 11.6 Å². The van der Waals surface area contributed by atoms with Gasteiger partial charge in [0.2, 0.25) is 0 Å². The molecule has 0 saturated heterocycles. The Morgan fingerprint density at radius 2 is 0.424 bits per heavy atom. The van der Waals surface area contributed by atoms with Gasteiger partial charge in [-0.15, -0.1) is 0 Å². The van der Waals surface area contributed by atoms with Crippen LogP contribution in [-0.2, 0) is 0 Å². The number of aromatic nitrogens is 8. The lowest BCUT2D eigenvalue weighted by Crippen LogP contribution is -1.97. The van der Waals surface area contributed by atoms with E-state index in [1.54, 1.807) is 0 Å². The van der Waals surface area contributed by atoms with Gasteiger partial charge >= 0.3 is 0 Å². The van der Waals surface area contributed by atoms with Crippen molar-refractivity contribution in [2.75, 3.05) is 0 Å². The molecule has 0 N–H and O–H groups in total. The van der Waals surface area contributed by atoms with Crippen molar-refractivity contribution in [1.29, 1.82) is 0 Å². The van der Waals surface area contributed by atoms with Crippen molar-refractivity contribution < 1.29 is 0 Å². The lowest BCUT2D eigenvalue weighted by molar-refractivity contribution is 1.18. The summed E-state index contributed by atoms with van der Waals surface area (Å²) < 4.78 is 4.77. The molecule has 0 unspecified atom stereocenters. The van der Waals surface area contributed by atoms with E-state index in [9.17, 15) is 0 Å². The Balaban J connectivity index is 0.000000138. The van der Waals surface area contributed by atoms with Crippen molar-refractivity contribution in [1.82, 2.24) is 39.0 Å². The number of benzene rings is 18. The maximum Gasteiger partial charge on any atom is 0.160 e. The number of para-hydroxylation sites is 6. The summed E-state index contributed by atoms with van der Waals surface area (Å²) in [5, 5.41) is 21.7. The van der Waals surface area contributed by atoms with Crippen LogP contribution in [0, 0.1) is 0 Å². The molecule has 0 aliphatic heterocycles. The first-order valence-corrected chi connectivity index (χ1v) is 40.1. The molecule has 0 aliphatic rings. The average Bonchev–Trinajstić information content (AvgIpc) is 1.49. The Labute approximate surface area is 678 Å². The van der Waals surface area contributed by atoms with Gasteiger partial charge in [-0.3, -0.25) is 0 Å². The fraction of sp³-hybridized carbons (Fsp3) is 0. The normalized spacial score (nSPS) is 11.7. The minimum Gasteiger partial charge on any atom is -0.308 e. The Morgan fingerprint density at radius 1 is 0.161 bits per heavy atom. The largest absolute Gasteiger partial charge is 0.308 e. The first kappa shape index (κ1) is 67.8. The lowest BCUT2D eigenvalue weighted by Gasteiger charge is -2.13. The SMILES string of the molecule is c1ccc(-c2cc(-c3ccc(-c4nc5ccccc5c5c4c4ccccc4n5-c4ccccc4)cc3)nc(-c3ccc4c5ccccc5c5ccccc5c4c3)n2)cc1.c1ccc(-c2cc(-c3ccc4c5ccccc5c5ccccc5c4c3)nc(-c3ccc(-c4nc5ccccc5c5c4c4ccccc4n5-c4ccccc4)cc3)n2)cc1. The van der Waals surface area contributed by atoms with Gasteiger partial charge in [-0.05, 0) is 137 Å². The summed E-state index contributed by atoms with van der Waals surface area (Å²) in [5.74, 6) is 1.37. The van der Waals surface area contributed by atoms with Gasteiger partial charge in [-0.2, -0.15) is 0 Å². The highest BCUT2D eigenvalue weighted by molar-refractivity contribution is 6.28. The molecule has 0 radical (unpaired) electrons. The van der Waals surface area contributed by atoms with Crippen LogP contribution in [0.25, 0.3) is 232 Å². The maximum absolute atomic E-state index is 5.37. The van der Waals surface area contributed by atoms with Gasteiger partial charge in [0.05, 0.1) is 67.3 Å². The van der Waals surface area contributed by atoms with Crippen LogP contribution in [0.1, 0.15) is 0 Å². The zero-order valence-corrected chi connectivity index (χ0v) is 63.8. The van der Waals surface area contributed by atoms with E-state index < -0.39 is 0 Å². The van der Waals surface area contributed by atoms with Gasteiger partial charge in [0.1, 0.15) is 0 Å². The number of nitrogens with zero attached hydrogens (tertiary/aromatic N) is 8. The maximum atomic E-state index is 5.37. The summed E-state index contributed by atoms with van der Waals surface area (Å²) in [4.78, 5) is 31.7. The Morgan fingerprint density at radius 3 is 0.822 bits per heavy atom. The van der Waals surface area contributed by atoms with Gasteiger partial charge in [0, 0.05) is 88.2 Å². The summed E-state index contributed by atoms with van der Waals surface area (Å²) in [5.41, 5.74) is 22.3. The molecule has 0 fully saturated rings. The quantitative estimate of drug-likeness (QED) is 0.127. The zero-order valence-electron chi connectivity index (χ0n) is 63.8. The van der Waals surface area contributed by atoms with Crippen molar-refractivity contribution in [3.63, 3.8) is 0 Å². The molecule has 0 spiro atoms. The van der Waals surface area contributed by atoms with Crippen LogP contribution in [0.5, 0.6) is 0 Å². The van der Waals surface area contributed by atoms with Crippen LogP contribution in [0.2, 0.25) is 0 Å². The molecule has 0 saturated carbocycles. The lowest BCUT2D eigenvalue weighted by atomic mass is 9.92. The standard InChI is InChI=1S/2C55H34N4/c1-3-15-35(16-4-1)49-34-50(38-31-32-44-42-21-8-7-19-40(42)41-20-9-10-22-43(41)47(44)33-38)58-55(57-49)37-29-27-36(28-30-37)53-52-46-24-12-14-26-51(46)59(39-17-5-2-6-18-39)54(52)45-23-11-13-25-48(45)56-53;1-3-15-35(16-4-1)49-34-50(58-55(57-49)38-31-32-44-42-21-8-7-19-40(42)41-20-9-10-22-43(41)47(44)33-38)36-27-29-37(30-28-36)53-52-46-24-12-14-26-51(46)59(39-17-5-2-6-18-39)54(52)45-23-11-13-25-48(45)56-53/h2*1-34H. The molecule has 0 amide bonds. The topological polar surface area (TPSA) is 87.2 Å². The third kappa shape index (κ3) is 11.4. The van der Waals surface area contributed by atoms with Gasteiger partial charge in [0.25, 0.3) is 0 Å². The van der Waals surface area contributed by atoms with Crippen molar-refractivity contribution in [2.45, 2.75) is 0 Å². The summed E-state index contributed by atoms with van der Waals surface area (Å²) in [6.45, 7) is 0. The Kier molecular flexibility index (Phi) is 16.1. The molecule has 118 heavy (non-hydrogen) atoms. The highest BCUT2D eigenvalue weighted by Gasteiger charge is 2.25. The monoisotopic (exact) mass is 1500 g/mol. The molecule has 548 valence electrons. The number of hydrogen-bond donors (Lipinski definition) is 0. The molecular formula is C110H68N8. The van der Waals surface area contributed by atoms with E-state index in [1.807, 2.05) is 12.1 Å². The van der Waals surface area contributed by atoms with E-state index in [0.717, 1.165) is 145 Å². The summed E-state index contributed by atoms with van der Waals surface area (Å²) in [6, 6.07) is 146. The van der Waals surface area contributed by atoms with Crippen LogP contribution in [0.3, 0.4) is 0 Å². The minimum absolute atomic E-state index is 0.675. The van der Waals surface area contributed by atoms with Crippen molar-refractivity contribution in [3.8, 4) is 102 Å². The van der Waals surface area contributed by atoms with E-state index in [4.69, 9.17) is 29.9 Å². The Hall–Kier alpha value is -15.9. The summed E-state index contributed by atoms with van der Waals surface area (Å²) in [7, 11) is 0. The van der Waals surface area contributed by atoms with Gasteiger partial charge < -0.3 is 9.13 Å². The van der Waals surface area contributed by atoms with Crippen molar-refractivity contribution in [3.05, 3.63) is 413 Å². The Bertz CT molecular complexity index is 7590. The predicted molar refractivity (Wildman–Crippen MR) is 492 cm³/mol. The van der Waals surface area contributed by atoms with Crippen molar-refractivity contribution >= 4 is 130 Å². The summed E-state index contributed by atoms with van der Waals surface area (Å²) >= 11 is 0. The first-order valence-electron chi connectivity index (χ1n) is 40.1. The second-order valence-corrected chi connectivity index (χ2v) is 30.3. The molecule has 6 aromatic heterocycles. The molecule has 8 heteroatoms. The number of fused-ring (bicyclic) bond motifs is 22. The third-order valence-corrected chi connectivity index (χ3v) is 23.5. The molecule has 8 nitrogen and oxygen atoms in total. The molecule has 24 rings (SSSR count). The van der Waals surface area contributed by atoms with Crippen LogP contribution in [-0.4, -0.2) is 39.0 Å². The molecule has 18 aromatic carbocycles. The number of rotatable bonds is 10.